The normalized spacial score (nSPS) is 14.3. The van der Waals surface area contributed by atoms with Gasteiger partial charge in [-0.15, -0.1) is 0 Å². The Bertz CT molecular complexity index is 1290. The van der Waals surface area contributed by atoms with E-state index in [0.29, 0.717) is 17.9 Å². The van der Waals surface area contributed by atoms with Crippen LogP contribution in [0.2, 0.25) is 5.02 Å². The topological polar surface area (TPSA) is 51.5 Å². The average Bonchev–Trinajstić information content (AvgIpc) is 3.15. The first kappa shape index (κ1) is 24.2. The van der Waals surface area contributed by atoms with Crippen molar-refractivity contribution >= 4 is 39.7 Å². The maximum Gasteiger partial charge on any atom is 0.416 e. The smallest absolute Gasteiger partial charge is 0.416 e. The molecule has 180 valence electrons. The highest BCUT2D eigenvalue weighted by atomic mass is 35.5. The number of benzene rings is 2. The predicted octanol–water partition coefficient (Wildman–Crippen LogP) is 7.73. The number of fused-ring (bicyclic) bond motifs is 3. The molecule has 0 unspecified atom stereocenters. The van der Waals surface area contributed by atoms with E-state index in [9.17, 15) is 18.0 Å². The summed E-state index contributed by atoms with van der Waals surface area (Å²) >= 11 is 6.02. The summed E-state index contributed by atoms with van der Waals surface area (Å²) in [4.78, 5) is 12.7. The number of aryl methyl sites for hydroxylation is 3. The Hall–Kier alpha value is -2.93. The van der Waals surface area contributed by atoms with E-state index in [-0.39, 0.29) is 10.7 Å². The summed E-state index contributed by atoms with van der Waals surface area (Å²) in [6, 6.07) is 4.79. The molecule has 1 aromatic heterocycles. The third-order valence-corrected chi connectivity index (χ3v) is 6.37. The van der Waals surface area contributed by atoms with E-state index in [4.69, 9.17) is 20.8 Å². The molecule has 0 bridgehead atoms. The quantitative estimate of drug-likeness (QED) is 0.371. The van der Waals surface area contributed by atoms with Crippen LogP contribution in [-0.2, 0) is 23.8 Å². The van der Waals surface area contributed by atoms with E-state index in [1.165, 1.54) is 11.6 Å². The zero-order valence-corrected chi connectivity index (χ0v) is 19.9. The SMILES string of the molecule is CCOc1c(/C(C)=C/C(=O)Nc2cc(C(F)(F)F)ccc2Cl)cc2c3c(oc2c1C)CCCC3. The summed E-state index contributed by atoms with van der Waals surface area (Å²) in [5.41, 5.74) is 3.21. The minimum absolute atomic E-state index is 0.0182. The van der Waals surface area contributed by atoms with Gasteiger partial charge in [-0.25, -0.2) is 0 Å². The molecule has 0 spiro atoms. The molecule has 34 heavy (non-hydrogen) atoms. The van der Waals surface area contributed by atoms with Crippen molar-refractivity contribution < 1.29 is 27.1 Å². The summed E-state index contributed by atoms with van der Waals surface area (Å²) in [6.45, 7) is 6.01. The first-order valence-corrected chi connectivity index (χ1v) is 11.5. The van der Waals surface area contributed by atoms with Gasteiger partial charge in [0.05, 0.1) is 22.9 Å². The molecule has 1 N–H and O–H groups in total. The van der Waals surface area contributed by atoms with E-state index in [1.54, 1.807) is 6.92 Å². The molecule has 1 heterocycles. The number of halogens is 4. The highest BCUT2D eigenvalue weighted by Gasteiger charge is 2.31. The number of anilines is 1. The van der Waals surface area contributed by atoms with Crippen molar-refractivity contribution in [1.82, 2.24) is 0 Å². The second-order valence-electron chi connectivity index (χ2n) is 8.41. The molecular formula is C26H25ClF3NO3. The molecule has 0 fully saturated rings. The van der Waals surface area contributed by atoms with E-state index in [0.717, 1.165) is 71.7 Å². The zero-order chi connectivity index (χ0) is 24.6. The molecule has 3 aromatic rings. The molecule has 0 atom stereocenters. The summed E-state index contributed by atoms with van der Waals surface area (Å²) < 4.78 is 51.3. The molecule has 4 nitrogen and oxygen atoms in total. The number of ether oxygens (including phenoxy) is 1. The van der Waals surface area contributed by atoms with Crippen LogP contribution in [0.5, 0.6) is 5.75 Å². The lowest BCUT2D eigenvalue weighted by molar-refractivity contribution is -0.137. The van der Waals surface area contributed by atoms with Crippen LogP contribution >= 0.6 is 11.6 Å². The van der Waals surface area contributed by atoms with Gasteiger partial charge in [0.2, 0.25) is 5.91 Å². The van der Waals surface area contributed by atoms with Crippen LogP contribution in [0.4, 0.5) is 18.9 Å². The number of nitrogens with one attached hydrogen (secondary N) is 1. The summed E-state index contributed by atoms with van der Waals surface area (Å²) in [5.74, 6) is 1.04. The maximum atomic E-state index is 13.1. The van der Waals surface area contributed by atoms with Gasteiger partial charge in [-0.1, -0.05) is 11.6 Å². The van der Waals surface area contributed by atoms with Crippen molar-refractivity contribution in [2.75, 3.05) is 11.9 Å². The molecule has 8 heteroatoms. The number of hydrogen-bond acceptors (Lipinski definition) is 3. The van der Waals surface area contributed by atoms with Crippen LogP contribution in [0.25, 0.3) is 16.5 Å². The molecule has 1 amide bonds. The second-order valence-corrected chi connectivity index (χ2v) is 8.82. The summed E-state index contributed by atoms with van der Waals surface area (Å²) in [5, 5.41) is 3.50. The first-order valence-electron chi connectivity index (χ1n) is 11.2. The fourth-order valence-corrected chi connectivity index (χ4v) is 4.57. The van der Waals surface area contributed by atoms with E-state index in [1.807, 2.05) is 19.9 Å². The van der Waals surface area contributed by atoms with E-state index >= 15 is 0 Å². The van der Waals surface area contributed by atoms with Gasteiger partial charge in [0.1, 0.15) is 17.1 Å². The Morgan fingerprint density at radius 2 is 1.97 bits per heavy atom. The van der Waals surface area contributed by atoms with E-state index < -0.39 is 17.6 Å². The van der Waals surface area contributed by atoms with Crippen LogP contribution in [0.3, 0.4) is 0 Å². The van der Waals surface area contributed by atoms with Crippen LogP contribution < -0.4 is 10.1 Å². The molecule has 1 aliphatic carbocycles. The van der Waals surface area contributed by atoms with Gasteiger partial charge in [0.25, 0.3) is 0 Å². The molecule has 0 radical (unpaired) electrons. The standard InChI is InChI=1S/C26H25ClF3NO3/c1-4-33-24-15(3)25-19(17-7-5-6-8-22(17)34-25)13-18(24)14(2)11-23(32)31-21-12-16(26(28,29)30)9-10-20(21)27/h9-13H,4-8H2,1-3H3,(H,31,32)/b14-11+. The van der Waals surface area contributed by atoms with Crippen LogP contribution in [0, 0.1) is 6.92 Å². The van der Waals surface area contributed by atoms with Gasteiger partial charge in [0.15, 0.2) is 0 Å². The van der Waals surface area contributed by atoms with Gasteiger partial charge in [-0.2, -0.15) is 13.2 Å². The highest BCUT2D eigenvalue weighted by molar-refractivity contribution is 6.33. The van der Waals surface area contributed by atoms with Crippen molar-refractivity contribution in [2.45, 2.75) is 52.6 Å². The largest absolute Gasteiger partial charge is 0.493 e. The monoisotopic (exact) mass is 491 g/mol. The molecule has 0 saturated carbocycles. The molecule has 2 aromatic carbocycles. The number of carbonyl (C=O) groups is 1. The van der Waals surface area contributed by atoms with Crippen molar-refractivity contribution in [3.63, 3.8) is 0 Å². The fraction of sp³-hybridized carbons (Fsp3) is 0.346. The van der Waals surface area contributed by atoms with Crippen LogP contribution in [0.15, 0.2) is 34.8 Å². The predicted molar refractivity (Wildman–Crippen MR) is 127 cm³/mol. The minimum atomic E-state index is -4.54. The van der Waals surface area contributed by atoms with Gasteiger partial charge >= 0.3 is 6.18 Å². The number of furan rings is 1. The Labute approximate surface area is 200 Å². The lowest BCUT2D eigenvalue weighted by atomic mass is 9.93. The molecule has 0 saturated heterocycles. The first-order chi connectivity index (χ1) is 16.1. The fourth-order valence-electron chi connectivity index (χ4n) is 4.40. The molecule has 0 aliphatic heterocycles. The molecule has 1 aliphatic rings. The highest BCUT2D eigenvalue weighted by Crippen LogP contribution is 2.41. The lowest BCUT2D eigenvalue weighted by Gasteiger charge is -2.15. The average molecular weight is 492 g/mol. The summed E-state index contributed by atoms with van der Waals surface area (Å²) in [7, 11) is 0. The van der Waals surface area contributed by atoms with Gasteiger partial charge in [-0.3, -0.25) is 4.79 Å². The Morgan fingerprint density at radius 1 is 1.24 bits per heavy atom. The van der Waals surface area contributed by atoms with Crippen LogP contribution in [-0.4, -0.2) is 12.5 Å². The lowest BCUT2D eigenvalue weighted by Crippen LogP contribution is -2.11. The molecule has 4 rings (SSSR count). The number of alkyl halides is 3. The number of amides is 1. The van der Waals surface area contributed by atoms with Gasteiger partial charge < -0.3 is 14.5 Å². The van der Waals surface area contributed by atoms with Gasteiger partial charge in [0, 0.05) is 34.6 Å². The zero-order valence-electron chi connectivity index (χ0n) is 19.2. The van der Waals surface area contributed by atoms with Crippen molar-refractivity contribution in [3.05, 3.63) is 63.4 Å². The Kier molecular flexibility index (Phi) is 6.67. The van der Waals surface area contributed by atoms with Crippen molar-refractivity contribution in [2.24, 2.45) is 0 Å². The molecular weight excluding hydrogens is 467 g/mol. The van der Waals surface area contributed by atoms with E-state index in [2.05, 4.69) is 5.32 Å². The minimum Gasteiger partial charge on any atom is -0.493 e. The second kappa shape index (κ2) is 9.37. The van der Waals surface area contributed by atoms with Crippen molar-refractivity contribution in [1.29, 1.82) is 0 Å². The number of allylic oxidation sites excluding steroid dienone is 1. The van der Waals surface area contributed by atoms with Gasteiger partial charge in [-0.05, 0) is 69.9 Å². The number of hydrogen-bond donors (Lipinski definition) is 1. The Morgan fingerprint density at radius 3 is 2.68 bits per heavy atom. The number of carbonyl (C=O) groups excluding carboxylic acids is 1. The number of rotatable bonds is 5. The third kappa shape index (κ3) is 4.67. The van der Waals surface area contributed by atoms with Crippen molar-refractivity contribution in [3.8, 4) is 5.75 Å². The Balaban J connectivity index is 1.72. The third-order valence-electron chi connectivity index (χ3n) is 6.04. The summed E-state index contributed by atoms with van der Waals surface area (Å²) in [6.07, 6.45) is 0.821. The maximum absolute atomic E-state index is 13.1. The van der Waals surface area contributed by atoms with Crippen LogP contribution in [0.1, 0.15) is 54.7 Å².